The van der Waals surface area contributed by atoms with Gasteiger partial charge in [-0.3, -0.25) is 0 Å². The van der Waals surface area contributed by atoms with Gasteiger partial charge in [0, 0.05) is 6.54 Å². The van der Waals surface area contributed by atoms with Crippen LogP contribution < -0.4 is 0 Å². The third kappa shape index (κ3) is 2.18. The second kappa shape index (κ2) is 4.44. The van der Waals surface area contributed by atoms with Gasteiger partial charge in [-0.15, -0.1) is 0 Å². The Balaban J connectivity index is 2.17. The van der Waals surface area contributed by atoms with Gasteiger partial charge in [0.15, 0.2) is 0 Å². The minimum absolute atomic E-state index is 0.00676. The molecule has 18 heavy (non-hydrogen) atoms. The highest BCUT2D eigenvalue weighted by Crippen LogP contribution is 2.36. The Morgan fingerprint density at radius 2 is 1.94 bits per heavy atom. The van der Waals surface area contributed by atoms with E-state index in [1.165, 1.54) is 4.90 Å². The van der Waals surface area contributed by atoms with Crippen molar-refractivity contribution in [3.8, 4) is 0 Å². The van der Waals surface area contributed by atoms with Gasteiger partial charge in [0.2, 0.25) is 0 Å². The highest BCUT2D eigenvalue weighted by molar-refractivity contribution is 5.93. The standard InChI is InChI=1S/C13H22N2O3/c1-5-14-9-7-6-8-10(9)15(11(14)16)12(17)18-13(2,3)4/h9-10H,5-8H2,1-4H3/t9-,10+/m0/s1. The van der Waals surface area contributed by atoms with Gasteiger partial charge < -0.3 is 9.64 Å². The minimum Gasteiger partial charge on any atom is -0.443 e. The molecule has 2 rings (SSSR count). The number of amides is 3. The van der Waals surface area contributed by atoms with Crippen molar-refractivity contribution in [2.45, 2.75) is 64.6 Å². The number of fused-ring (bicyclic) bond motifs is 1. The SMILES string of the molecule is CCN1C(=O)N(C(=O)OC(C)(C)C)[C@@H]2CCC[C@@H]21. The number of hydrogen-bond acceptors (Lipinski definition) is 3. The maximum atomic E-state index is 12.2. The van der Waals surface area contributed by atoms with Crippen LogP contribution in [0.5, 0.6) is 0 Å². The largest absolute Gasteiger partial charge is 0.443 e. The van der Waals surface area contributed by atoms with Crippen LogP contribution >= 0.6 is 0 Å². The van der Waals surface area contributed by atoms with Crippen LogP contribution in [0.4, 0.5) is 9.59 Å². The molecule has 1 aliphatic carbocycles. The summed E-state index contributed by atoms with van der Waals surface area (Å²) in [6.07, 6.45) is 2.45. The normalized spacial score (nSPS) is 27.7. The molecule has 0 aromatic carbocycles. The Labute approximate surface area is 108 Å². The topological polar surface area (TPSA) is 49.9 Å². The summed E-state index contributed by atoms with van der Waals surface area (Å²) in [5, 5.41) is 0. The molecule has 0 bridgehead atoms. The molecule has 1 saturated heterocycles. The highest BCUT2D eigenvalue weighted by atomic mass is 16.6. The number of rotatable bonds is 1. The number of carbonyl (C=O) groups excluding carboxylic acids is 2. The summed E-state index contributed by atoms with van der Waals surface area (Å²) < 4.78 is 5.33. The van der Waals surface area contributed by atoms with Crippen molar-refractivity contribution < 1.29 is 14.3 Å². The van der Waals surface area contributed by atoms with Crippen molar-refractivity contribution in [1.82, 2.24) is 9.80 Å². The van der Waals surface area contributed by atoms with E-state index in [0.717, 1.165) is 19.3 Å². The molecule has 102 valence electrons. The van der Waals surface area contributed by atoms with E-state index < -0.39 is 11.7 Å². The highest BCUT2D eigenvalue weighted by Gasteiger charge is 2.51. The molecule has 0 radical (unpaired) electrons. The molecular formula is C13H22N2O3. The first-order valence-corrected chi connectivity index (χ1v) is 6.68. The van der Waals surface area contributed by atoms with Gasteiger partial charge in [-0.2, -0.15) is 0 Å². The predicted octanol–water partition coefficient (Wildman–Crippen LogP) is 2.60. The van der Waals surface area contributed by atoms with Gasteiger partial charge in [0.05, 0.1) is 12.1 Å². The second-order valence-electron chi connectivity index (χ2n) is 5.98. The summed E-state index contributed by atoms with van der Waals surface area (Å²) in [6.45, 7) is 8.05. The van der Waals surface area contributed by atoms with E-state index in [9.17, 15) is 9.59 Å². The fourth-order valence-electron chi connectivity index (χ4n) is 2.90. The van der Waals surface area contributed by atoms with Crippen LogP contribution in [0.15, 0.2) is 0 Å². The number of hydrogen-bond donors (Lipinski definition) is 0. The smallest absolute Gasteiger partial charge is 0.418 e. The molecule has 0 aromatic rings. The Kier molecular flexibility index (Phi) is 3.25. The van der Waals surface area contributed by atoms with Gasteiger partial charge in [-0.1, -0.05) is 0 Å². The van der Waals surface area contributed by atoms with Gasteiger partial charge >= 0.3 is 12.1 Å². The number of likely N-dealkylation sites (N-methyl/N-ethyl adjacent to an activating group) is 1. The van der Waals surface area contributed by atoms with Gasteiger partial charge in [-0.25, -0.2) is 14.5 Å². The molecule has 3 amide bonds. The monoisotopic (exact) mass is 254 g/mol. The van der Waals surface area contributed by atoms with Crippen LogP contribution in [-0.2, 0) is 4.74 Å². The van der Waals surface area contributed by atoms with Crippen molar-refractivity contribution in [2.24, 2.45) is 0 Å². The molecule has 5 nitrogen and oxygen atoms in total. The summed E-state index contributed by atoms with van der Waals surface area (Å²) in [5.41, 5.74) is -0.564. The quantitative estimate of drug-likeness (QED) is 0.722. The van der Waals surface area contributed by atoms with Crippen LogP contribution in [0.25, 0.3) is 0 Å². The number of urea groups is 1. The average molecular weight is 254 g/mol. The van der Waals surface area contributed by atoms with Gasteiger partial charge in [-0.05, 0) is 47.0 Å². The van der Waals surface area contributed by atoms with E-state index >= 15 is 0 Å². The first-order valence-electron chi connectivity index (χ1n) is 6.68. The molecule has 0 spiro atoms. The van der Waals surface area contributed by atoms with Gasteiger partial charge in [0.1, 0.15) is 5.60 Å². The van der Waals surface area contributed by atoms with Crippen molar-refractivity contribution in [1.29, 1.82) is 0 Å². The second-order valence-corrected chi connectivity index (χ2v) is 5.98. The summed E-state index contributed by atoms with van der Waals surface area (Å²) in [7, 11) is 0. The summed E-state index contributed by atoms with van der Waals surface area (Å²) in [5.74, 6) is 0. The summed E-state index contributed by atoms with van der Waals surface area (Å²) >= 11 is 0. The molecule has 1 saturated carbocycles. The van der Waals surface area contributed by atoms with E-state index in [1.54, 1.807) is 4.90 Å². The van der Waals surface area contributed by atoms with Crippen LogP contribution in [0, 0.1) is 0 Å². The van der Waals surface area contributed by atoms with E-state index in [4.69, 9.17) is 4.74 Å². The number of imide groups is 1. The van der Waals surface area contributed by atoms with E-state index in [-0.39, 0.29) is 18.1 Å². The molecule has 0 aromatic heterocycles. The summed E-state index contributed by atoms with van der Waals surface area (Å²) in [4.78, 5) is 27.5. The Morgan fingerprint density at radius 3 is 2.50 bits per heavy atom. The third-order valence-electron chi connectivity index (χ3n) is 3.56. The Bertz CT molecular complexity index is 362. The van der Waals surface area contributed by atoms with Crippen LogP contribution in [0.1, 0.15) is 47.0 Å². The van der Waals surface area contributed by atoms with Crippen molar-refractivity contribution in [3.05, 3.63) is 0 Å². The maximum absolute atomic E-state index is 12.2. The fourth-order valence-corrected chi connectivity index (χ4v) is 2.90. The molecule has 1 heterocycles. The van der Waals surface area contributed by atoms with Crippen molar-refractivity contribution in [3.63, 3.8) is 0 Å². The minimum atomic E-state index is -0.564. The maximum Gasteiger partial charge on any atom is 0.418 e. The third-order valence-corrected chi connectivity index (χ3v) is 3.56. The van der Waals surface area contributed by atoms with Crippen molar-refractivity contribution in [2.75, 3.05) is 6.54 Å². The zero-order chi connectivity index (χ0) is 13.5. The molecule has 2 atom stereocenters. The fraction of sp³-hybridized carbons (Fsp3) is 0.846. The molecule has 2 fully saturated rings. The molecule has 1 aliphatic heterocycles. The lowest BCUT2D eigenvalue weighted by molar-refractivity contribution is 0.0293. The van der Waals surface area contributed by atoms with E-state index in [2.05, 4.69) is 0 Å². The molecule has 2 aliphatic rings. The lowest BCUT2D eigenvalue weighted by atomic mass is 10.2. The average Bonchev–Trinajstić information content (AvgIpc) is 2.73. The number of ether oxygens (including phenoxy) is 1. The summed E-state index contributed by atoms with van der Waals surface area (Å²) in [6, 6.07) is 0.00349. The Hall–Kier alpha value is -1.26. The van der Waals surface area contributed by atoms with Crippen LogP contribution in [0.3, 0.4) is 0 Å². The zero-order valence-electron chi connectivity index (χ0n) is 11.6. The van der Waals surface area contributed by atoms with Crippen LogP contribution in [0.2, 0.25) is 0 Å². The molecular weight excluding hydrogens is 232 g/mol. The zero-order valence-corrected chi connectivity index (χ0v) is 11.6. The van der Waals surface area contributed by atoms with Gasteiger partial charge in [0.25, 0.3) is 0 Å². The van der Waals surface area contributed by atoms with E-state index in [0.29, 0.717) is 6.54 Å². The number of nitrogens with zero attached hydrogens (tertiary/aromatic N) is 2. The predicted molar refractivity (Wildman–Crippen MR) is 67.3 cm³/mol. The first-order chi connectivity index (χ1) is 8.35. The molecule has 0 unspecified atom stereocenters. The number of carbonyl (C=O) groups is 2. The first kappa shape index (κ1) is 13.2. The van der Waals surface area contributed by atoms with Crippen LogP contribution in [-0.4, -0.2) is 46.2 Å². The van der Waals surface area contributed by atoms with Crippen molar-refractivity contribution >= 4 is 12.1 Å². The Morgan fingerprint density at radius 1 is 1.33 bits per heavy atom. The lowest BCUT2D eigenvalue weighted by Gasteiger charge is -2.25. The van der Waals surface area contributed by atoms with E-state index in [1.807, 2.05) is 27.7 Å². The molecule has 5 heteroatoms. The lowest BCUT2D eigenvalue weighted by Crippen LogP contribution is -2.43. The molecule has 0 N–H and O–H groups in total.